The van der Waals surface area contributed by atoms with Gasteiger partial charge in [0.15, 0.2) is 0 Å². The molecular weight excluding hydrogens is 263 g/mol. The average molecular weight is 276 g/mol. The lowest BCUT2D eigenvalue weighted by Gasteiger charge is -2.10. The fourth-order valence-electron chi connectivity index (χ4n) is 1.60. The summed E-state index contributed by atoms with van der Waals surface area (Å²) in [6.45, 7) is 0. The van der Waals surface area contributed by atoms with Crippen LogP contribution in [-0.2, 0) is 5.75 Å². The second-order valence-corrected chi connectivity index (χ2v) is 4.77. The van der Waals surface area contributed by atoms with E-state index in [9.17, 15) is 10.0 Å². The smallest absolute Gasteiger partial charge is 0.488 e. The normalized spacial score (nSPS) is 10.3. The Balaban J connectivity index is 2.18. The van der Waals surface area contributed by atoms with Crippen LogP contribution in [0.25, 0.3) is 0 Å². The summed E-state index contributed by atoms with van der Waals surface area (Å²) in [7, 11) is 0.0765. The largest absolute Gasteiger partial charge is 0.497 e. The fraction of sp³-hybridized carbons (Fsp3) is 0.167. The highest BCUT2D eigenvalue weighted by atomic mass is 32.2. The van der Waals surface area contributed by atoms with Crippen molar-refractivity contribution in [1.29, 1.82) is 0 Å². The SMILES string of the molecule is COc1ccc(B(O)O)c(CSc2cnccn2)c1. The lowest BCUT2D eigenvalue weighted by molar-refractivity contribution is 0.413. The molecule has 0 aliphatic carbocycles. The zero-order chi connectivity index (χ0) is 13.7. The van der Waals surface area contributed by atoms with Crippen LogP contribution in [-0.4, -0.2) is 34.2 Å². The molecule has 19 heavy (non-hydrogen) atoms. The van der Waals surface area contributed by atoms with E-state index in [1.54, 1.807) is 43.9 Å². The standard InChI is InChI=1S/C12H13BN2O3S/c1-18-10-2-3-11(13(16)17)9(6-10)8-19-12-7-14-4-5-15-12/h2-7,16-17H,8H2,1H3. The topological polar surface area (TPSA) is 75.5 Å². The van der Waals surface area contributed by atoms with Gasteiger partial charge in [0, 0.05) is 18.1 Å². The highest BCUT2D eigenvalue weighted by Crippen LogP contribution is 2.21. The van der Waals surface area contributed by atoms with E-state index in [2.05, 4.69) is 9.97 Å². The minimum atomic E-state index is -1.50. The molecule has 0 atom stereocenters. The van der Waals surface area contributed by atoms with E-state index < -0.39 is 7.12 Å². The van der Waals surface area contributed by atoms with Crippen molar-refractivity contribution in [1.82, 2.24) is 9.97 Å². The van der Waals surface area contributed by atoms with Gasteiger partial charge in [-0.3, -0.25) is 4.98 Å². The van der Waals surface area contributed by atoms with Gasteiger partial charge in [-0.15, -0.1) is 11.8 Å². The average Bonchev–Trinajstić information content (AvgIpc) is 2.45. The second-order valence-electron chi connectivity index (χ2n) is 3.77. The molecule has 0 bridgehead atoms. The number of aromatic nitrogens is 2. The molecule has 7 heteroatoms. The van der Waals surface area contributed by atoms with Gasteiger partial charge >= 0.3 is 7.12 Å². The quantitative estimate of drug-likeness (QED) is 0.610. The zero-order valence-corrected chi connectivity index (χ0v) is 11.2. The summed E-state index contributed by atoms with van der Waals surface area (Å²) in [5.74, 6) is 1.24. The van der Waals surface area contributed by atoms with Gasteiger partial charge in [0.05, 0.1) is 13.3 Å². The Morgan fingerprint density at radius 3 is 2.79 bits per heavy atom. The highest BCUT2D eigenvalue weighted by molar-refractivity contribution is 7.98. The van der Waals surface area contributed by atoms with Crippen LogP contribution < -0.4 is 10.2 Å². The monoisotopic (exact) mass is 276 g/mol. The van der Waals surface area contributed by atoms with E-state index in [0.717, 1.165) is 10.6 Å². The number of ether oxygens (including phenoxy) is 1. The number of benzene rings is 1. The maximum Gasteiger partial charge on any atom is 0.488 e. The number of hydrogen-bond acceptors (Lipinski definition) is 6. The summed E-state index contributed by atoms with van der Waals surface area (Å²) in [5.41, 5.74) is 1.27. The van der Waals surface area contributed by atoms with Crippen LogP contribution in [0.1, 0.15) is 5.56 Å². The Morgan fingerprint density at radius 1 is 1.32 bits per heavy atom. The van der Waals surface area contributed by atoms with Crippen molar-refractivity contribution in [3.05, 3.63) is 42.4 Å². The molecule has 5 nitrogen and oxygen atoms in total. The first-order chi connectivity index (χ1) is 9.20. The molecule has 0 saturated carbocycles. The van der Waals surface area contributed by atoms with E-state index in [0.29, 0.717) is 17.0 Å². The van der Waals surface area contributed by atoms with Gasteiger partial charge in [0.1, 0.15) is 10.8 Å². The van der Waals surface area contributed by atoms with Crippen LogP contribution in [0.4, 0.5) is 0 Å². The summed E-state index contributed by atoms with van der Waals surface area (Å²) in [6, 6.07) is 5.14. The van der Waals surface area contributed by atoms with Gasteiger partial charge in [-0.25, -0.2) is 4.98 Å². The molecule has 0 amide bonds. The fourth-order valence-corrected chi connectivity index (χ4v) is 2.42. The maximum atomic E-state index is 9.34. The Kier molecular flexibility index (Phi) is 4.78. The van der Waals surface area contributed by atoms with Gasteiger partial charge in [-0.1, -0.05) is 6.07 Å². The van der Waals surface area contributed by atoms with Crippen molar-refractivity contribution in [3.63, 3.8) is 0 Å². The summed E-state index contributed by atoms with van der Waals surface area (Å²) >= 11 is 1.47. The Bertz CT molecular complexity index is 540. The Morgan fingerprint density at radius 2 is 2.16 bits per heavy atom. The molecule has 1 heterocycles. The summed E-state index contributed by atoms with van der Waals surface area (Å²) in [5, 5.41) is 19.5. The molecule has 0 radical (unpaired) electrons. The summed E-state index contributed by atoms with van der Waals surface area (Å²) < 4.78 is 5.14. The van der Waals surface area contributed by atoms with Crippen molar-refractivity contribution >= 4 is 24.3 Å². The zero-order valence-electron chi connectivity index (χ0n) is 10.4. The van der Waals surface area contributed by atoms with Crippen LogP contribution >= 0.6 is 11.8 Å². The second kappa shape index (κ2) is 6.56. The molecule has 0 spiro atoms. The third-order valence-corrected chi connectivity index (χ3v) is 3.51. The first kappa shape index (κ1) is 13.9. The molecule has 0 aliphatic heterocycles. The van der Waals surface area contributed by atoms with Crippen molar-refractivity contribution in [2.24, 2.45) is 0 Å². The molecule has 2 N–H and O–H groups in total. The Labute approximate surface area is 115 Å². The van der Waals surface area contributed by atoms with Crippen molar-refractivity contribution in [2.75, 3.05) is 7.11 Å². The predicted octanol–water partition coefficient (Wildman–Crippen LogP) is 0.457. The molecule has 0 aliphatic rings. The van der Waals surface area contributed by atoms with Crippen LogP contribution in [0, 0.1) is 0 Å². The number of hydrogen-bond donors (Lipinski definition) is 2. The third-order valence-electron chi connectivity index (χ3n) is 2.54. The number of rotatable bonds is 5. The van der Waals surface area contributed by atoms with Gasteiger partial charge in [0.25, 0.3) is 0 Å². The van der Waals surface area contributed by atoms with E-state index in [-0.39, 0.29) is 0 Å². The first-order valence-corrected chi connectivity index (χ1v) is 6.61. The maximum absolute atomic E-state index is 9.34. The van der Waals surface area contributed by atoms with E-state index >= 15 is 0 Å². The van der Waals surface area contributed by atoms with E-state index in [1.807, 2.05) is 0 Å². The van der Waals surface area contributed by atoms with Crippen molar-refractivity contribution in [3.8, 4) is 5.75 Å². The van der Waals surface area contributed by atoms with E-state index in [1.165, 1.54) is 11.8 Å². The molecular formula is C12H13BN2O3S. The van der Waals surface area contributed by atoms with Crippen LogP contribution in [0.5, 0.6) is 5.75 Å². The molecule has 1 aromatic heterocycles. The molecule has 98 valence electrons. The number of nitrogens with zero attached hydrogens (tertiary/aromatic N) is 2. The Hall–Kier alpha value is -1.57. The van der Waals surface area contributed by atoms with Crippen LogP contribution in [0.2, 0.25) is 0 Å². The summed E-state index contributed by atoms with van der Waals surface area (Å²) in [4.78, 5) is 8.14. The molecule has 2 aromatic rings. The number of thioether (sulfide) groups is 1. The lowest BCUT2D eigenvalue weighted by Crippen LogP contribution is -2.32. The third kappa shape index (κ3) is 3.70. The lowest BCUT2D eigenvalue weighted by atomic mass is 9.77. The van der Waals surface area contributed by atoms with Crippen molar-refractivity contribution in [2.45, 2.75) is 10.8 Å². The molecule has 0 unspecified atom stereocenters. The minimum Gasteiger partial charge on any atom is -0.497 e. The molecule has 0 fully saturated rings. The number of methoxy groups -OCH3 is 1. The molecule has 0 saturated heterocycles. The summed E-state index contributed by atoms with van der Waals surface area (Å²) in [6.07, 6.45) is 4.90. The highest BCUT2D eigenvalue weighted by Gasteiger charge is 2.16. The minimum absolute atomic E-state index is 0.470. The predicted molar refractivity (Wildman–Crippen MR) is 74.4 cm³/mol. The first-order valence-electron chi connectivity index (χ1n) is 5.62. The van der Waals surface area contributed by atoms with Crippen LogP contribution in [0.3, 0.4) is 0 Å². The molecule has 2 rings (SSSR count). The van der Waals surface area contributed by atoms with E-state index in [4.69, 9.17) is 4.74 Å². The van der Waals surface area contributed by atoms with Gasteiger partial charge in [-0.05, 0) is 23.2 Å². The molecule has 1 aromatic carbocycles. The van der Waals surface area contributed by atoms with Gasteiger partial charge < -0.3 is 14.8 Å². The van der Waals surface area contributed by atoms with Gasteiger partial charge in [0.2, 0.25) is 0 Å². The van der Waals surface area contributed by atoms with Crippen molar-refractivity contribution < 1.29 is 14.8 Å². The van der Waals surface area contributed by atoms with Crippen LogP contribution in [0.15, 0.2) is 41.8 Å². The van der Waals surface area contributed by atoms with Gasteiger partial charge in [-0.2, -0.15) is 0 Å².